The second-order valence-electron chi connectivity index (χ2n) is 4.68. The van der Waals surface area contributed by atoms with Gasteiger partial charge in [0.1, 0.15) is 15.7 Å². The molecule has 0 bridgehead atoms. The summed E-state index contributed by atoms with van der Waals surface area (Å²) in [5.41, 5.74) is -2.05. The van der Waals surface area contributed by atoms with E-state index in [-0.39, 0.29) is 4.90 Å². The van der Waals surface area contributed by atoms with Gasteiger partial charge in [-0.25, -0.2) is 8.42 Å². The van der Waals surface area contributed by atoms with Crippen LogP contribution in [0.3, 0.4) is 0 Å². The molecule has 1 aromatic rings. The molecular formula is C13H12O10S-4. The third kappa shape index (κ3) is 7.67. The Labute approximate surface area is 136 Å². The highest BCUT2D eigenvalue weighted by Gasteiger charge is 2.29. The number of aryl methyl sites for hydroxylation is 1. The van der Waals surface area contributed by atoms with Gasteiger partial charge in [0, 0.05) is 24.8 Å². The van der Waals surface area contributed by atoms with Crippen molar-refractivity contribution in [2.45, 2.75) is 30.3 Å². The molecule has 24 heavy (non-hydrogen) atoms. The van der Waals surface area contributed by atoms with Crippen LogP contribution >= 0.6 is 0 Å². The Morgan fingerprint density at radius 2 is 1.38 bits per heavy atom. The van der Waals surface area contributed by atoms with E-state index in [0.29, 0.717) is 0 Å². The molecule has 0 fully saturated rings. The van der Waals surface area contributed by atoms with Crippen molar-refractivity contribution < 1.29 is 47.8 Å². The molecule has 1 rings (SSSR count). The van der Waals surface area contributed by atoms with E-state index in [1.165, 1.54) is 12.1 Å². The van der Waals surface area contributed by atoms with E-state index < -0.39 is 46.5 Å². The van der Waals surface area contributed by atoms with Gasteiger partial charge in [-0.3, -0.25) is 0 Å². The zero-order chi connectivity index (χ0) is 19.1. The molecule has 0 atom stereocenters. The molecule has 0 aliphatic heterocycles. The normalized spacial score (nSPS) is 11.1. The summed E-state index contributed by atoms with van der Waals surface area (Å²) in [7, 11) is -4.27. The monoisotopic (exact) mass is 360 g/mol. The predicted octanol–water partition coefficient (Wildman–Crippen LogP) is -4.35. The maximum atomic E-state index is 10.4. The van der Waals surface area contributed by atoms with Crippen LogP contribution in [0.5, 0.6) is 0 Å². The lowest BCUT2D eigenvalue weighted by Gasteiger charge is -2.29. The van der Waals surface area contributed by atoms with Crippen LogP contribution in [0.2, 0.25) is 0 Å². The second kappa shape index (κ2) is 8.38. The van der Waals surface area contributed by atoms with Crippen molar-refractivity contribution in [1.82, 2.24) is 0 Å². The van der Waals surface area contributed by atoms with Crippen LogP contribution in [0.1, 0.15) is 18.4 Å². The Bertz CT molecular complexity index is 689. The highest BCUT2D eigenvalue weighted by molar-refractivity contribution is 7.85. The summed E-state index contributed by atoms with van der Waals surface area (Å²) in [6.07, 6.45) is -2.72. The maximum Gasteiger partial charge on any atom is 0.124 e. The Morgan fingerprint density at radius 3 is 1.62 bits per heavy atom. The summed E-state index contributed by atoms with van der Waals surface area (Å²) in [6, 6.07) is 5.78. The maximum absolute atomic E-state index is 10.4. The molecule has 1 N–H and O–H groups in total. The SMILES string of the molecule is Cc1ccc(S(=O)(=O)[O-])cc1.O=C([O-])CC(O)(CC(=O)[O-])C(=O)[O-]. The Morgan fingerprint density at radius 1 is 1.00 bits per heavy atom. The van der Waals surface area contributed by atoms with Crippen molar-refractivity contribution in [3.05, 3.63) is 29.8 Å². The van der Waals surface area contributed by atoms with Crippen LogP contribution in [0.25, 0.3) is 0 Å². The van der Waals surface area contributed by atoms with Crippen LogP contribution in [-0.4, -0.2) is 41.6 Å². The van der Waals surface area contributed by atoms with E-state index >= 15 is 0 Å². The highest BCUT2D eigenvalue weighted by atomic mass is 32.2. The van der Waals surface area contributed by atoms with Gasteiger partial charge in [0.05, 0.1) is 10.9 Å². The molecule has 0 spiro atoms. The van der Waals surface area contributed by atoms with Gasteiger partial charge in [0.25, 0.3) is 0 Å². The zero-order valence-corrected chi connectivity index (χ0v) is 13.1. The first-order valence-corrected chi connectivity index (χ1v) is 7.55. The fourth-order valence-corrected chi connectivity index (χ4v) is 1.86. The average molecular weight is 360 g/mol. The molecule has 0 heterocycles. The van der Waals surface area contributed by atoms with Crippen molar-refractivity contribution in [1.29, 1.82) is 0 Å². The van der Waals surface area contributed by atoms with E-state index in [9.17, 15) is 42.7 Å². The number of rotatable bonds is 6. The van der Waals surface area contributed by atoms with Crippen molar-refractivity contribution in [3.63, 3.8) is 0 Å². The summed E-state index contributed by atoms with van der Waals surface area (Å²) >= 11 is 0. The quantitative estimate of drug-likeness (QED) is 0.483. The first-order valence-electron chi connectivity index (χ1n) is 6.14. The van der Waals surface area contributed by atoms with Crippen LogP contribution in [0.15, 0.2) is 29.2 Å². The molecule has 0 unspecified atom stereocenters. The number of carboxylic acid groups (broad SMARTS) is 3. The second-order valence-corrected chi connectivity index (χ2v) is 6.06. The minimum atomic E-state index is -4.27. The minimum Gasteiger partial charge on any atom is -0.744 e. The van der Waals surface area contributed by atoms with Crippen molar-refractivity contribution in [2.75, 3.05) is 0 Å². The number of hydrogen-bond acceptors (Lipinski definition) is 10. The lowest BCUT2D eigenvalue weighted by atomic mass is 9.96. The summed E-state index contributed by atoms with van der Waals surface area (Å²) in [6.45, 7) is 1.82. The molecule has 0 aromatic heterocycles. The lowest BCUT2D eigenvalue weighted by molar-refractivity contribution is -0.339. The summed E-state index contributed by atoms with van der Waals surface area (Å²) < 4.78 is 31.2. The summed E-state index contributed by atoms with van der Waals surface area (Å²) in [5.74, 6) is -5.98. The molecule has 0 amide bonds. The van der Waals surface area contributed by atoms with E-state index in [1.54, 1.807) is 12.1 Å². The molecule has 134 valence electrons. The van der Waals surface area contributed by atoms with Gasteiger partial charge in [-0.2, -0.15) is 0 Å². The van der Waals surface area contributed by atoms with Gasteiger partial charge < -0.3 is 39.4 Å². The molecule has 0 radical (unpaired) electrons. The Kier molecular flexibility index (Phi) is 7.51. The van der Waals surface area contributed by atoms with E-state index in [0.717, 1.165) is 5.56 Å². The summed E-state index contributed by atoms with van der Waals surface area (Å²) in [5, 5.41) is 38.9. The van der Waals surface area contributed by atoms with Gasteiger partial charge in [-0.05, 0) is 19.1 Å². The molecule has 10 nitrogen and oxygen atoms in total. The lowest BCUT2D eigenvalue weighted by Crippen LogP contribution is -2.54. The van der Waals surface area contributed by atoms with E-state index in [4.69, 9.17) is 5.11 Å². The van der Waals surface area contributed by atoms with Gasteiger partial charge in [0.15, 0.2) is 0 Å². The fraction of sp³-hybridized carbons (Fsp3) is 0.308. The third-order valence-electron chi connectivity index (χ3n) is 2.56. The number of benzene rings is 1. The number of carbonyl (C=O) groups is 3. The standard InChI is InChI=1S/C7H8O3S.C6H8O7/c1-6-2-4-7(5-3-6)11(8,9)10;7-3(8)1-6(13,5(11)12)2-4(9)10/h2-5H,1H3,(H,8,9,10);13H,1-2H2,(H,7,8)(H,9,10)(H,11,12)/p-4. The summed E-state index contributed by atoms with van der Waals surface area (Å²) in [4.78, 5) is 29.8. The smallest absolute Gasteiger partial charge is 0.124 e. The topological polar surface area (TPSA) is 198 Å². The third-order valence-corrected chi connectivity index (χ3v) is 3.41. The largest absolute Gasteiger partial charge is 0.744 e. The number of hydrogen-bond donors (Lipinski definition) is 1. The van der Waals surface area contributed by atoms with Crippen molar-refractivity contribution in [3.8, 4) is 0 Å². The number of carboxylic acids is 3. The van der Waals surface area contributed by atoms with Crippen molar-refractivity contribution >= 4 is 28.0 Å². The average Bonchev–Trinajstić information content (AvgIpc) is 2.36. The highest BCUT2D eigenvalue weighted by Crippen LogP contribution is 2.13. The van der Waals surface area contributed by atoms with Crippen LogP contribution in [0, 0.1) is 6.92 Å². The van der Waals surface area contributed by atoms with E-state index in [1.807, 2.05) is 6.92 Å². The van der Waals surface area contributed by atoms with Crippen LogP contribution in [-0.2, 0) is 24.5 Å². The molecule has 0 saturated carbocycles. The van der Waals surface area contributed by atoms with Gasteiger partial charge in [0.2, 0.25) is 0 Å². The predicted molar refractivity (Wildman–Crippen MR) is 68.3 cm³/mol. The van der Waals surface area contributed by atoms with Crippen molar-refractivity contribution in [2.24, 2.45) is 0 Å². The van der Waals surface area contributed by atoms with Gasteiger partial charge in [-0.1, -0.05) is 17.7 Å². The number of carbonyl (C=O) groups excluding carboxylic acids is 3. The Hall–Kier alpha value is -2.50. The Balaban J connectivity index is 0.000000446. The first-order chi connectivity index (χ1) is 10.8. The zero-order valence-electron chi connectivity index (χ0n) is 12.3. The minimum absolute atomic E-state index is 0.178. The fourth-order valence-electron chi connectivity index (χ4n) is 1.39. The van der Waals surface area contributed by atoms with E-state index in [2.05, 4.69) is 0 Å². The molecular weight excluding hydrogens is 348 g/mol. The molecule has 0 aliphatic rings. The number of aliphatic hydroxyl groups is 1. The molecule has 1 aromatic carbocycles. The van der Waals surface area contributed by atoms with Crippen LogP contribution < -0.4 is 15.3 Å². The molecule has 0 saturated heterocycles. The molecule has 0 aliphatic carbocycles. The van der Waals surface area contributed by atoms with Gasteiger partial charge >= 0.3 is 0 Å². The first kappa shape index (κ1) is 21.5. The van der Waals surface area contributed by atoms with Gasteiger partial charge in [-0.15, -0.1) is 0 Å². The molecule has 11 heteroatoms. The number of aliphatic carboxylic acids is 3. The van der Waals surface area contributed by atoms with Crippen LogP contribution in [0.4, 0.5) is 0 Å².